The Hall–Kier alpha value is -1.14. The van der Waals surface area contributed by atoms with E-state index in [0.29, 0.717) is 13.0 Å². The Labute approximate surface area is 94.0 Å². The molecule has 0 aliphatic carbocycles. The summed E-state index contributed by atoms with van der Waals surface area (Å²) in [5, 5.41) is 18.5. The first-order valence-corrected chi connectivity index (χ1v) is 5.34. The molecule has 2 atom stereocenters. The number of piperidine rings is 1. The number of hydrogen-bond donors (Lipinski definition) is 3. The van der Waals surface area contributed by atoms with Gasteiger partial charge in [0.1, 0.15) is 0 Å². The highest BCUT2D eigenvalue weighted by molar-refractivity contribution is 5.80. The first-order chi connectivity index (χ1) is 7.34. The number of carbonyl (C=O) groups is 2. The molecule has 0 aromatic carbocycles. The third-order valence-corrected chi connectivity index (χ3v) is 2.91. The summed E-state index contributed by atoms with van der Waals surface area (Å²) < 4.78 is 0. The Morgan fingerprint density at radius 2 is 2.12 bits per heavy atom. The first kappa shape index (κ1) is 12.9. The summed E-state index contributed by atoms with van der Waals surface area (Å²) >= 11 is 0. The monoisotopic (exact) mass is 230 g/mol. The zero-order chi connectivity index (χ0) is 12.3. The second-order valence-corrected chi connectivity index (χ2v) is 4.46. The van der Waals surface area contributed by atoms with E-state index in [1.807, 2.05) is 0 Å². The molecule has 92 valence electrons. The second-order valence-electron chi connectivity index (χ2n) is 4.46. The van der Waals surface area contributed by atoms with E-state index < -0.39 is 23.5 Å². The molecule has 0 radical (unpaired) electrons. The topological polar surface area (TPSA) is 104 Å². The number of likely N-dealkylation sites (tertiary alicyclic amines) is 1. The lowest BCUT2D eigenvalue weighted by molar-refractivity contribution is -0.160. The van der Waals surface area contributed by atoms with E-state index in [4.69, 9.17) is 10.8 Å². The second kappa shape index (κ2) is 4.80. The summed E-state index contributed by atoms with van der Waals surface area (Å²) in [5.41, 5.74) is 3.40. The van der Waals surface area contributed by atoms with Crippen LogP contribution in [0.4, 0.5) is 0 Å². The number of carboxylic acid groups (broad SMARTS) is 1. The molecule has 1 heterocycles. The van der Waals surface area contributed by atoms with Gasteiger partial charge in [-0.05, 0) is 26.3 Å². The van der Waals surface area contributed by atoms with Crippen LogP contribution in [-0.2, 0) is 9.59 Å². The smallest absolute Gasteiger partial charge is 0.336 e. The number of rotatable bonds is 4. The summed E-state index contributed by atoms with van der Waals surface area (Å²) in [6.45, 7) is 1.75. The zero-order valence-corrected chi connectivity index (χ0v) is 9.35. The van der Waals surface area contributed by atoms with E-state index in [0.717, 1.165) is 12.8 Å². The van der Waals surface area contributed by atoms with E-state index in [-0.39, 0.29) is 6.54 Å². The highest BCUT2D eigenvalue weighted by Gasteiger charge is 2.37. The lowest BCUT2D eigenvalue weighted by Gasteiger charge is -2.36. The van der Waals surface area contributed by atoms with Crippen LogP contribution in [0.5, 0.6) is 0 Å². The maximum Gasteiger partial charge on any atom is 0.336 e. The van der Waals surface area contributed by atoms with Crippen molar-refractivity contribution >= 4 is 11.9 Å². The molecule has 1 saturated heterocycles. The van der Waals surface area contributed by atoms with Gasteiger partial charge in [-0.1, -0.05) is 6.42 Å². The molecule has 16 heavy (non-hydrogen) atoms. The van der Waals surface area contributed by atoms with Gasteiger partial charge >= 0.3 is 5.97 Å². The summed E-state index contributed by atoms with van der Waals surface area (Å²) in [7, 11) is 0. The zero-order valence-electron chi connectivity index (χ0n) is 9.35. The van der Waals surface area contributed by atoms with Crippen molar-refractivity contribution in [1.29, 1.82) is 0 Å². The molecule has 1 fully saturated rings. The fourth-order valence-electron chi connectivity index (χ4n) is 1.97. The summed E-state index contributed by atoms with van der Waals surface area (Å²) in [5.74, 6) is -1.75. The number of primary amides is 1. The standard InChI is InChI=1S/C10H18N2O4/c1-10(16,9(14)15)6-12-5-3-2-4-7(12)8(11)13/h7,16H,2-6H2,1H3,(H2,11,13)(H,14,15). The SMILES string of the molecule is CC(O)(CN1CCCCC1C(N)=O)C(=O)O. The molecular formula is C10H18N2O4. The Bertz CT molecular complexity index is 291. The number of nitrogens with zero attached hydrogens (tertiary/aromatic N) is 1. The number of β-amino-alcohol motifs (C(OH)–C–C–N with tert-alkyl or cyclic N) is 1. The fourth-order valence-corrected chi connectivity index (χ4v) is 1.97. The van der Waals surface area contributed by atoms with E-state index >= 15 is 0 Å². The van der Waals surface area contributed by atoms with Crippen LogP contribution in [0.25, 0.3) is 0 Å². The number of carbonyl (C=O) groups excluding carboxylic acids is 1. The average Bonchev–Trinajstić information content (AvgIpc) is 2.17. The predicted octanol–water partition coefficient (Wildman–Crippen LogP) is -0.838. The number of nitrogens with two attached hydrogens (primary N) is 1. The van der Waals surface area contributed by atoms with Crippen molar-refractivity contribution in [2.75, 3.05) is 13.1 Å². The molecule has 1 aliphatic rings. The van der Waals surface area contributed by atoms with Crippen LogP contribution < -0.4 is 5.73 Å². The minimum Gasteiger partial charge on any atom is -0.479 e. The van der Waals surface area contributed by atoms with Gasteiger partial charge in [0.05, 0.1) is 6.04 Å². The molecule has 1 rings (SSSR count). The number of aliphatic carboxylic acids is 1. The fraction of sp³-hybridized carbons (Fsp3) is 0.800. The predicted molar refractivity (Wildman–Crippen MR) is 56.7 cm³/mol. The Morgan fingerprint density at radius 3 is 2.62 bits per heavy atom. The summed E-state index contributed by atoms with van der Waals surface area (Å²) in [4.78, 5) is 23.6. The van der Waals surface area contributed by atoms with Gasteiger partial charge in [-0.25, -0.2) is 4.79 Å². The molecule has 1 amide bonds. The number of aliphatic hydroxyl groups is 1. The van der Waals surface area contributed by atoms with Crippen LogP contribution in [-0.4, -0.2) is 51.7 Å². The number of hydrogen-bond acceptors (Lipinski definition) is 4. The molecule has 0 aromatic heterocycles. The highest BCUT2D eigenvalue weighted by Crippen LogP contribution is 2.19. The van der Waals surface area contributed by atoms with Gasteiger partial charge in [0, 0.05) is 6.54 Å². The van der Waals surface area contributed by atoms with Crippen LogP contribution in [0.1, 0.15) is 26.2 Å². The van der Waals surface area contributed by atoms with Crippen LogP contribution in [0, 0.1) is 0 Å². The van der Waals surface area contributed by atoms with Crippen LogP contribution in [0.3, 0.4) is 0 Å². The largest absolute Gasteiger partial charge is 0.479 e. The van der Waals surface area contributed by atoms with Crippen molar-refractivity contribution in [3.63, 3.8) is 0 Å². The van der Waals surface area contributed by atoms with Crippen molar-refractivity contribution in [2.45, 2.75) is 37.8 Å². The van der Waals surface area contributed by atoms with Crippen molar-refractivity contribution in [2.24, 2.45) is 5.73 Å². The average molecular weight is 230 g/mol. The van der Waals surface area contributed by atoms with Crippen molar-refractivity contribution in [3.05, 3.63) is 0 Å². The van der Waals surface area contributed by atoms with Gasteiger partial charge in [-0.2, -0.15) is 0 Å². The third kappa shape index (κ3) is 2.93. The van der Waals surface area contributed by atoms with Gasteiger partial charge in [0.2, 0.25) is 5.91 Å². The molecule has 1 aliphatic heterocycles. The third-order valence-electron chi connectivity index (χ3n) is 2.91. The van der Waals surface area contributed by atoms with Gasteiger partial charge in [-0.15, -0.1) is 0 Å². The lowest BCUT2D eigenvalue weighted by Crippen LogP contribution is -2.55. The quantitative estimate of drug-likeness (QED) is 0.584. The number of amides is 1. The Kier molecular flexibility index (Phi) is 3.88. The summed E-state index contributed by atoms with van der Waals surface area (Å²) in [6, 6.07) is -0.459. The van der Waals surface area contributed by atoms with E-state index in [2.05, 4.69) is 0 Å². The molecule has 0 bridgehead atoms. The van der Waals surface area contributed by atoms with E-state index in [9.17, 15) is 14.7 Å². The van der Waals surface area contributed by atoms with E-state index in [1.165, 1.54) is 6.92 Å². The van der Waals surface area contributed by atoms with Crippen LogP contribution in [0.15, 0.2) is 0 Å². The van der Waals surface area contributed by atoms with Crippen molar-refractivity contribution < 1.29 is 19.8 Å². The van der Waals surface area contributed by atoms with Gasteiger partial charge in [0.15, 0.2) is 5.60 Å². The van der Waals surface area contributed by atoms with E-state index in [1.54, 1.807) is 4.90 Å². The minimum absolute atomic E-state index is 0.0735. The van der Waals surface area contributed by atoms with Crippen molar-refractivity contribution in [1.82, 2.24) is 4.90 Å². The molecule has 6 nitrogen and oxygen atoms in total. The van der Waals surface area contributed by atoms with Crippen LogP contribution >= 0.6 is 0 Å². The molecule has 0 aromatic rings. The summed E-state index contributed by atoms with van der Waals surface area (Å²) in [6.07, 6.45) is 2.42. The van der Waals surface area contributed by atoms with Gasteiger partial charge in [-0.3, -0.25) is 9.69 Å². The molecule has 0 spiro atoms. The Balaban J connectivity index is 2.70. The van der Waals surface area contributed by atoms with Gasteiger partial charge < -0.3 is 15.9 Å². The first-order valence-electron chi connectivity index (χ1n) is 5.34. The Morgan fingerprint density at radius 1 is 1.50 bits per heavy atom. The maximum absolute atomic E-state index is 11.2. The highest BCUT2D eigenvalue weighted by atomic mass is 16.4. The molecule has 2 unspecified atom stereocenters. The van der Waals surface area contributed by atoms with Crippen LogP contribution in [0.2, 0.25) is 0 Å². The minimum atomic E-state index is -1.84. The van der Waals surface area contributed by atoms with Crippen molar-refractivity contribution in [3.8, 4) is 0 Å². The molecule has 6 heteroatoms. The van der Waals surface area contributed by atoms with Gasteiger partial charge in [0.25, 0.3) is 0 Å². The molecule has 0 saturated carbocycles. The number of carboxylic acids is 1. The molecule has 4 N–H and O–H groups in total. The molecular weight excluding hydrogens is 212 g/mol. The normalized spacial score (nSPS) is 26.0. The maximum atomic E-state index is 11.2. The lowest BCUT2D eigenvalue weighted by atomic mass is 9.98.